The number of allylic oxidation sites excluding steroid dienone is 2. The first-order chi connectivity index (χ1) is 15.1. The van der Waals surface area contributed by atoms with Gasteiger partial charge < -0.3 is 19.5 Å². The summed E-state index contributed by atoms with van der Waals surface area (Å²) in [6.45, 7) is 4.90. The molecule has 3 rings (SSSR count). The standard InChI is InChI=1S/C24H30N2O4S/c1-5-11-31-23(6-2)21-15-22(30-10-9-28-3)19-14-17(7-8-20(19)26-21)25-24(27)16-12-18(13-16)29-4/h5-8,11,14-16,18H,9-10,12-13H2,1-4H3,(H,25,27)/b11-5-,23-6-. The molecule has 1 aliphatic rings. The summed E-state index contributed by atoms with van der Waals surface area (Å²) in [5.74, 6) is 0.745. The number of pyridine rings is 1. The van der Waals surface area contributed by atoms with Gasteiger partial charge in [-0.15, -0.1) is 0 Å². The van der Waals surface area contributed by atoms with E-state index in [1.807, 2.05) is 55.7 Å². The highest BCUT2D eigenvalue weighted by molar-refractivity contribution is 8.10. The fourth-order valence-corrected chi connectivity index (χ4v) is 4.03. The number of thioether (sulfide) groups is 1. The highest BCUT2D eigenvalue weighted by Gasteiger charge is 2.34. The second kappa shape index (κ2) is 11.3. The number of hydrogen-bond donors (Lipinski definition) is 1. The monoisotopic (exact) mass is 442 g/mol. The number of fused-ring (bicyclic) bond motifs is 1. The SMILES string of the molecule is C/C=C\S/C(=C\C)c1cc(OCCOC)c2cc(NC(=O)C3CC(OC)C3)ccc2n1. The summed E-state index contributed by atoms with van der Waals surface area (Å²) in [5.41, 5.74) is 2.40. The van der Waals surface area contributed by atoms with Gasteiger partial charge in [0.15, 0.2) is 0 Å². The second-order valence-electron chi connectivity index (χ2n) is 7.33. The van der Waals surface area contributed by atoms with Gasteiger partial charge in [0.25, 0.3) is 0 Å². The third kappa shape index (κ3) is 5.87. The number of ether oxygens (including phenoxy) is 3. The van der Waals surface area contributed by atoms with Crippen molar-refractivity contribution in [2.24, 2.45) is 5.92 Å². The summed E-state index contributed by atoms with van der Waals surface area (Å²) >= 11 is 1.62. The van der Waals surface area contributed by atoms with Crippen molar-refractivity contribution >= 4 is 39.2 Å². The van der Waals surface area contributed by atoms with Crippen molar-refractivity contribution in [3.63, 3.8) is 0 Å². The summed E-state index contributed by atoms with van der Waals surface area (Å²) in [5, 5.41) is 5.91. The minimum absolute atomic E-state index is 0.000494. The smallest absolute Gasteiger partial charge is 0.227 e. The number of hydrogen-bond acceptors (Lipinski definition) is 6. The third-order valence-electron chi connectivity index (χ3n) is 5.23. The van der Waals surface area contributed by atoms with Crippen molar-refractivity contribution in [1.29, 1.82) is 0 Å². The summed E-state index contributed by atoms with van der Waals surface area (Å²) < 4.78 is 16.4. The lowest BCUT2D eigenvalue weighted by atomic mass is 9.81. The molecule has 1 fully saturated rings. The Hall–Kier alpha value is -2.35. The van der Waals surface area contributed by atoms with E-state index in [9.17, 15) is 4.79 Å². The maximum Gasteiger partial charge on any atom is 0.227 e. The quantitative estimate of drug-likeness (QED) is 0.507. The molecule has 0 unspecified atom stereocenters. The lowest BCUT2D eigenvalue weighted by Crippen LogP contribution is -2.38. The number of benzene rings is 1. The van der Waals surface area contributed by atoms with Crippen LogP contribution in [0.4, 0.5) is 5.69 Å². The maximum absolute atomic E-state index is 12.5. The van der Waals surface area contributed by atoms with Crippen LogP contribution in [-0.2, 0) is 14.3 Å². The van der Waals surface area contributed by atoms with E-state index in [1.54, 1.807) is 26.0 Å². The molecule has 1 amide bonds. The minimum atomic E-state index is -0.000494. The predicted octanol–water partition coefficient (Wildman–Crippen LogP) is 5.25. The molecule has 0 bridgehead atoms. The van der Waals surface area contributed by atoms with Crippen LogP contribution in [0.3, 0.4) is 0 Å². The van der Waals surface area contributed by atoms with Crippen molar-refractivity contribution in [2.45, 2.75) is 32.8 Å². The summed E-state index contributed by atoms with van der Waals surface area (Å²) in [7, 11) is 3.33. The van der Waals surface area contributed by atoms with Gasteiger partial charge in [-0.3, -0.25) is 4.79 Å². The summed E-state index contributed by atoms with van der Waals surface area (Å²) in [6, 6.07) is 7.68. The van der Waals surface area contributed by atoms with Gasteiger partial charge in [0.2, 0.25) is 5.91 Å². The molecule has 6 nitrogen and oxygen atoms in total. The Kier molecular flexibility index (Phi) is 8.51. The molecule has 31 heavy (non-hydrogen) atoms. The molecule has 0 radical (unpaired) electrons. The Labute approximate surface area is 188 Å². The molecule has 2 aromatic rings. The summed E-state index contributed by atoms with van der Waals surface area (Å²) in [6.07, 6.45) is 5.76. The predicted molar refractivity (Wildman–Crippen MR) is 127 cm³/mol. The van der Waals surface area contributed by atoms with E-state index >= 15 is 0 Å². The van der Waals surface area contributed by atoms with Gasteiger partial charge in [-0.25, -0.2) is 4.98 Å². The van der Waals surface area contributed by atoms with Crippen LogP contribution in [0.1, 0.15) is 32.4 Å². The molecule has 1 heterocycles. The van der Waals surface area contributed by atoms with E-state index in [1.165, 1.54) is 0 Å². The van der Waals surface area contributed by atoms with E-state index < -0.39 is 0 Å². The normalized spacial score (nSPS) is 18.9. The molecular weight excluding hydrogens is 412 g/mol. The van der Waals surface area contributed by atoms with Crippen LogP contribution >= 0.6 is 11.8 Å². The minimum Gasteiger partial charge on any atom is -0.490 e. The molecule has 0 saturated heterocycles. The molecule has 0 aliphatic heterocycles. The van der Waals surface area contributed by atoms with Crippen molar-refractivity contribution in [2.75, 3.05) is 32.8 Å². The van der Waals surface area contributed by atoms with Gasteiger partial charge in [-0.2, -0.15) is 0 Å². The van der Waals surface area contributed by atoms with Crippen LogP contribution in [0.15, 0.2) is 41.8 Å². The van der Waals surface area contributed by atoms with E-state index in [-0.39, 0.29) is 17.9 Å². The largest absolute Gasteiger partial charge is 0.490 e. The van der Waals surface area contributed by atoms with E-state index in [2.05, 4.69) is 5.32 Å². The summed E-state index contributed by atoms with van der Waals surface area (Å²) in [4.78, 5) is 18.4. The molecule has 1 aliphatic carbocycles. The second-order valence-corrected chi connectivity index (χ2v) is 8.28. The number of rotatable bonds is 10. The van der Waals surface area contributed by atoms with Gasteiger partial charge >= 0.3 is 0 Å². The van der Waals surface area contributed by atoms with Crippen LogP contribution in [0.2, 0.25) is 0 Å². The number of aromatic nitrogens is 1. The number of carbonyl (C=O) groups excluding carboxylic acids is 1. The molecule has 1 N–H and O–H groups in total. The lowest BCUT2D eigenvalue weighted by molar-refractivity contribution is -0.127. The van der Waals surface area contributed by atoms with Crippen molar-refractivity contribution in [1.82, 2.24) is 4.98 Å². The van der Waals surface area contributed by atoms with Crippen molar-refractivity contribution in [3.05, 3.63) is 47.5 Å². The number of nitrogens with one attached hydrogen (secondary N) is 1. The average Bonchev–Trinajstić information content (AvgIpc) is 2.74. The van der Waals surface area contributed by atoms with Gasteiger partial charge in [0.1, 0.15) is 12.4 Å². The van der Waals surface area contributed by atoms with Gasteiger partial charge in [-0.1, -0.05) is 23.9 Å². The molecule has 1 aromatic carbocycles. The molecule has 7 heteroatoms. The first kappa shape index (κ1) is 23.3. The van der Waals surface area contributed by atoms with Crippen LogP contribution in [-0.4, -0.2) is 44.4 Å². The Morgan fingerprint density at radius 2 is 2.03 bits per heavy atom. The van der Waals surface area contributed by atoms with Gasteiger partial charge in [0, 0.05) is 42.2 Å². The van der Waals surface area contributed by atoms with Crippen LogP contribution in [0.5, 0.6) is 5.75 Å². The zero-order valence-electron chi connectivity index (χ0n) is 18.5. The van der Waals surface area contributed by atoms with Gasteiger partial charge in [0.05, 0.1) is 23.9 Å². The number of nitrogens with zero attached hydrogens (tertiary/aromatic N) is 1. The first-order valence-corrected chi connectivity index (χ1v) is 11.3. The first-order valence-electron chi connectivity index (χ1n) is 10.4. The third-order valence-corrected chi connectivity index (χ3v) is 6.33. The van der Waals surface area contributed by atoms with Crippen LogP contribution in [0, 0.1) is 5.92 Å². The molecule has 0 spiro atoms. The molecule has 166 valence electrons. The van der Waals surface area contributed by atoms with Crippen LogP contribution in [0.25, 0.3) is 15.8 Å². The molecule has 1 saturated carbocycles. The van der Waals surface area contributed by atoms with Crippen molar-refractivity contribution in [3.8, 4) is 5.75 Å². The fraction of sp³-hybridized carbons (Fsp3) is 0.417. The zero-order chi connectivity index (χ0) is 22.2. The number of methoxy groups -OCH3 is 2. The average molecular weight is 443 g/mol. The Morgan fingerprint density at radius 1 is 1.23 bits per heavy atom. The van der Waals surface area contributed by atoms with E-state index in [0.29, 0.717) is 13.2 Å². The molecule has 0 atom stereocenters. The van der Waals surface area contributed by atoms with Gasteiger partial charge in [-0.05, 0) is 50.3 Å². The van der Waals surface area contributed by atoms with Crippen molar-refractivity contribution < 1.29 is 19.0 Å². The zero-order valence-corrected chi connectivity index (χ0v) is 19.3. The maximum atomic E-state index is 12.5. The fourth-order valence-electron chi connectivity index (χ4n) is 3.39. The topological polar surface area (TPSA) is 69.7 Å². The molecular formula is C24H30N2O4S. The Bertz CT molecular complexity index is 967. The highest BCUT2D eigenvalue weighted by Crippen LogP contribution is 2.35. The lowest BCUT2D eigenvalue weighted by Gasteiger charge is -2.32. The number of carbonyl (C=O) groups is 1. The van der Waals surface area contributed by atoms with E-state index in [0.717, 1.165) is 45.8 Å². The highest BCUT2D eigenvalue weighted by atomic mass is 32.2. The Morgan fingerprint density at radius 3 is 2.71 bits per heavy atom. The van der Waals surface area contributed by atoms with Crippen LogP contribution < -0.4 is 10.1 Å². The number of amides is 1. The Balaban J connectivity index is 1.88. The van der Waals surface area contributed by atoms with E-state index in [4.69, 9.17) is 19.2 Å². The molecule has 1 aromatic heterocycles. The number of anilines is 1.